The van der Waals surface area contributed by atoms with E-state index in [4.69, 9.17) is 4.74 Å². The smallest absolute Gasteiger partial charge is 0.257 e. The number of pyridine rings is 1. The Bertz CT molecular complexity index is 1150. The van der Waals surface area contributed by atoms with Gasteiger partial charge in [0.25, 0.3) is 5.91 Å². The number of amides is 1. The summed E-state index contributed by atoms with van der Waals surface area (Å²) in [6.07, 6.45) is 2.51. The number of carbonyl (C=O) groups is 1. The van der Waals surface area contributed by atoms with Crippen LogP contribution in [0, 0.1) is 6.92 Å². The minimum atomic E-state index is -0.987. The normalized spacial score (nSPS) is 17.9. The number of halogens is 1. The first-order valence-electron chi connectivity index (χ1n) is 10.1. The number of carbonyl (C=O) groups excluding carboxylic acids is 1. The van der Waals surface area contributed by atoms with Crippen LogP contribution in [0.25, 0.3) is 5.65 Å². The van der Waals surface area contributed by atoms with Gasteiger partial charge in [-0.05, 0) is 18.6 Å². The fourth-order valence-corrected chi connectivity index (χ4v) is 3.08. The van der Waals surface area contributed by atoms with Crippen LogP contribution in [-0.4, -0.2) is 73.6 Å². The molecular weight excluding hydrogens is 398 g/mol. The number of hydrogen-bond acceptors (Lipinski definition) is 7. The number of ether oxygens (including phenoxy) is 1. The first-order chi connectivity index (χ1) is 14.6. The molecule has 0 aromatic carbocycles. The predicted octanol–water partition coefficient (Wildman–Crippen LogP) is -1.05. The van der Waals surface area contributed by atoms with Crippen molar-refractivity contribution in [1.29, 1.82) is 0 Å². The van der Waals surface area contributed by atoms with Crippen molar-refractivity contribution in [1.82, 2.24) is 24.9 Å². The van der Waals surface area contributed by atoms with E-state index in [1.807, 2.05) is 36.5 Å². The van der Waals surface area contributed by atoms with E-state index in [0.717, 1.165) is 5.56 Å². The summed E-state index contributed by atoms with van der Waals surface area (Å²) >= 11 is 0. The maximum Gasteiger partial charge on any atom is 0.257 e. The van der Waals surface area contributed by atoms with Crippen molar-refractivity contribution in [3.05, 3.63) is 35.7 Å². The van der Waals surface area contributed by atoms with Gasteiger partial charge in [0.1, 0.15) is 52.6 Å². The molecule has 4 rings (SSSR count). The molecule has 0 radical (unpaired) electrons. The molecule has 0 spiro atoms. The molecule has 3 aromatic heterocycles. The van der Waals surface area contributed by atoms with Gasteiger partial charge in [-0.1, -0.05) is 0 Å². The van der Waals surface area contributed by atoms with Crippen LogP contribution >= 0.6 is 0 Å². The van der Waals surface area contributed by atoms with E-state index >= 15 is 0 Å². The second-order valence-corrected chi connectivity index (χ2v) is 8.61. The molecule has 1 aliphatic carbocycles. The summed E-state index contributed by atoms with van der Waals surface area (Å²) in [5.41, 5.74) is 2.22. The van der Waals surface area contributed by atoms with Crippen LogP contribution in [0.5, 0.6) is 5.88 Å². The fourth-order valence-electron chi connectivity index (χ4n) is 3.08. The highest BCUT2D eigenvalue weighted by Crippen LogP contribution is 2.29. The number of rotatable bonds is 7. The van der Waals surface area contributed by atoms with Gasteiger partial charge in [0, 0.05) is 31.0 Å². The van der Waals surface area contributed by atoms with Crippen LogP contribution in [0.2, 0.25) is 0 Å². The molecule has 1 saturated carbocycles. The van der Waals surface area contributed by atoms with Crippen LogP contribution < -0.4 is 20.7 Å². The Morgan fingerprint density at radius 2 is 2.06 bits per heavy atom. The lowest BCUT2D eigenvalue weighted by atomic mass is 9.52. The number of aromatic nitrogens is 4. The maximum absolute atomic E-state index is 13.2. The second-order valence-electron chi connectivity index (χ2n) is 8.61. The Hall–Kier alpha value is -3.24. The van der Waals surface area contributed by atoms with E-state index in [1.54, 1.807) is 19.3 Å². The van der Waals surface area contributed by atoms with Crippen molar-refractivity contribution in [3.8, 4) is 5.88 Å². The summed E-state index contributed by atoms with van der Waals surface area (Å²) in [6, 6.07) is 3.24. The zero-order chi connectivity index (χ0) is 22.3. The molecule has 0 aliphatic heterocycles. The van der Waals surface area contributed by atoms with Crippen LogP contribution in [-0.2, 0) is 0 Å². The largest absolute Gasteiger partial charge is 0.497 e. The molecule has 1 fully saturated rings. The zero-order valence-corrected chi connectivity index (χ0v) is 18.2. The van der Waals surface area contributed by atoms with Crippen LogP contribution in [0.3, 0.4) is 0 Å². The van der Waals surface area contributed by atoms with Crippen molar-refractivity contribution in [3.63, 3.8) is 0 Å². The molecule has 3 N–H and O–H groups in total. The molecule has 31 heavy (non-hydrogen) atoms. The molecule has 9 nitrogen and oxygen atoms in total. The van der Waals surface area contributed by atoms with Crippen molar-refractivity contribution >= 4 is 52.4 Å². The molecule has 1 aliphatic rings. The van der Waals surface area contributed by atoms with Crippen LogP contribution in [0.4, 0.5) is 21.7 Å². The van der Waals surface area contributed by atoms with Gasteiger partial charge >= 0.3 is 0 Å². The summed E-state index contributed by atoms with van der Waals surface area (Å²) in [7, 11) is 7.59. The third-order valence-corrected chi connectivity index (χ3v) is 4.66. The van der Waals surface area contributed by atoms with E-state index in [0.29, 0.717) is 35.3 Å². The van der Waals surface area contributed by atoms with Crippen molar-refractivity contribution in [2.45, 2.75) is 30.9 Å². The summed E-state index contributed by atoms with van der Waals surface area (Å²) in [4.78, 5) is 21.6. The Labute approximate surface area is 181 Å². The van der Waals surface area contributed by atoms with Crippen molar-refractivity contribution in [2.24, 2.45) is 0 Å². The molecule has 3 aromatic rings. The van der Waals surface area contributed by atoms with Crippen molar-refractivity contribution in [2.75, 3.05) is 17.7 Å². The second kappa shape index (κ2) is 7.79. The zero-order valence-electron chi connectivity index (χ0n) is 18.2. The summed E-state index contributed by atoms with van der Waals surface area (Å²) in [5.74, 6) is 1.15. The first-order valence-corrected chi connectivity index (χ1v) is 10.1. The van der Waals surface area contributed by atoms with Crippen LogP contribution in [0.15, 0.2) is 24.5 Å². The van der Waals surface area contributed by atoms with Gasteiger partial charge in [-0.15, -0.1) is 0 Å². The molecule has 0 saturated heterocycles. The Morgan fingerprint density at radius 1 is 1.32 bits per heavy atom. The van der Waals surface area contributed by atoms with Gasteiger partial charge in [0.05, 0.1) is 12.2 Å². The van der Waals surface area contributed by atoms with E-state index < -0.39 is 23.4 Å². The van der Waals surface area contributed by atoms with E-state index in [1.165, 1.54) is 10.7 Å². The first kappa shape index (κ1) is 21.0. The Balaban J connectivity index is 1.71. The fraction of sp³-hybridized carbons (Fsp3) is 0.333. The molecule has 3 heterocycles. The monoisotopic (exact) mass is 421 g/mol. The number of aryl methyl sites for hydroxylation is 1. The lowest BCUT2D eigenvalue weighted by molar-refractivity contribution is 0.0949. The molecule has 2 atom stereocenters. The molecule has 0 bridgehead atoms. The van der Waals surface area contributed by atoms with Crippen molar-refractivity contribution < 1.29 is 13.9 Å². The van der Waals surface area contributed by atoms with Crippen LogP contribution in [0.1, 0.15) is 22.3 Å². The van der Waals surface area contributed by atoms with Gasteiger partial charge in [0.15, 0.2) is 5.65 Å². The quantitative estimate of drug-likeness (QED) is 0.419. The summed E-state index contributed by atoms with van der Waals surface area (Å²) in [6.45, 7) is 1.93. The minimum Gasteiger partial charge on any atom is -0.497 e. The summed E-state index contributed by atoms with van der Waals surface area (Å²) < 4.78 is 20.7. The summed E-state index contributed by atoms with van der Waals surface area (Å²) in [5, 5.41) is 12.8. The third kappa shape index (κ3) is 4.60. The number of nitrogens with one attached hydrogen (secondary N) is 3. The Morgan fingerprint density at radius 3 is 2.71 bits per heavy atom. The van der Waals surface area contributed by atoms with E-state index in [9.17, 15) is 9.18 Å². The third-order valence-electron chi connectivity index (χ3n) is 4.66. The minimum absolute atomic E-state index is 0.271. The Kier molecular flexibility index (Phi) is 5.28. The highest BCUT2D eigenvalue weighted by molar-refractivity contribution is 6.58. The average molecular weight is 421 g/mol. The highest BCUT2D eigenvalue weighted by Gasteiger charge is 2.39. The number of fused-ring (bicyclic) bond motifs is 1. The lowest BCUT2D eigenvalue weighted by Crippen LogP contribution is -2.38. The van der Waals surface area contributed by atoms with Gasteiger partial charge in [-0.25, -0.2) is 14.4 Å². The van der Waals surface area contributed by atoms with Gasteiger partial charge in [-0.2, -0.15) is 9.61 Å². The lowest BCUT2D eigenvalue weighted by Gasteiger charge is -2.23. The molecule has 158 valence electrons. The molecule has 0 unspecified atom stereocenters. The number of hydrogen-bond donors (Lipinski definition) is 3. The molecule has 1 amide bonds. The SMILES string of the molecule is BC(B)(B)Oc1ncc(C)cc1Nc1cc(NC)n2ncc(C(=O)N[C@H]3C[C@H]3F)c2n1. The maximum atomic E-state index is 13.2. The molecular formula is C18H23B3FN7O2. The highest BCUT2D eigenvalue weighted by atomic mass is 19.1. The van der Waals surface area contributed by atoms with Gasteiger partial charge in [0.2, 0.25) is 5.88 Å². The average Bonchev–Trinajstić information content (AvgIpc) is 3.20. The standard InChI is InChI=1S/C18H23B3FN7O2/c1-8-3-12(17(24-6-8)31-18(19,20)21)26-13-5-14(23-2)29-15(28-13)9(7-25-29)16(30)27-11-4-10(11)22/h3,5-7,10-11,23H,4,19-21H2,1-2H3,(H,26,28)(H,27,30)/t10-,11+/m1/s1. The van der Waals surface area contributed by atoms with E-state index in [2.05, 4.69) is 31.0 Å². The number of alkyl halides is 1. The van der Waals surface area contributed by atoms with E-state index in [-0.39, 0.29) is 5.56 Å². The number of nitrogens with zero attached hydrogens (tertiary/aromatic N) is 4. The predicted molar refractivity (Wildman–Crippen MR) is 125 cm³/mol. The topological polar surface area (TPSA) is 105 Å². The number of anilines is 3. The molecule has 13 heteroatoms. The van der Waals surface area contributed by atoms with Gasteiger partial charge in [-0.3, -0.25) is 4.79 Å². The van der Waals surface area contributed by atoms with Gasteiger partial charge < -0.3 is 20.7 Å².